The fourth-order valence-electron chi connectivity index (χ4n) is 12.7. The number of alkyl halides is 6. The van der Waals surface area contributed by atoms with Crippen LogP contribution in [0.5, 0.6) is 0 Å². The number of esters is 5. The molecule has 10 rings (SSSR count). The number of Topliss-reactive ketones (excluding diaryl/α,β-unsaturated/α-hetero) is 1. The number of nitrogens with two attached hydrogens (primary N) is 1. The number of hydrogen-bond acceptors (Lipinski definition) is 28. The number of alkyl carbamates (subject to hydrolysis) is 2. The summed E-state index contributed by atoms with van der Waals surface area (Å²) in [6, 6.07) is 45.8. The number of nitrogens with one attached hydrogen (secondary N) is 2. The number of benzene rings is 6. The summed E-state index contributed by atoms with van der Waals surface area (Å²) < 4.78 is 116. The van der Waals surface area contributed by atoms with E-state index in [4.69, 9.17) is 165 Å². The molecule has 4 aliphatic rings. The van der Waals surface area contributed by atoms with Crippen LogP contribution in [0.4, 0.5) is 9.59 Å². The summed E-state index contributed by atoms with van der Waals surface area (Å²) in [7, 11) is 2.43. The molecule has 4 N–H and O–H groups in total. The van der Waals surface area contributed by atoms with Gasteiger partial charge in [-0.25, -0.2) is 28.8 Å². The van der Waals surface area contributed by atoms with Gasteiger partial charge in [-0.1, -0.05) is 209 Å². The van der Waals surface area contributed by atoms with E-state index >= 15 is 0 Å². The van der Waals surface area contributed by atoms with Gasteiger partial charge < -0.3 is 111 Å². The third kappa shape index (κ3) is 29.4. The maximum absolute atomic E-state index is 14.8. The van der Waals surface area contributed by atoms with E-state index in [0.29, 0.717) is 36.9 Å². The minimum absolute atomic E-state index is 0.0423. The first-order chi connectivity index (χ1) is 57.8. The lowest BCUT2D eigenvalue weighted by atomic mass is 9.95. The summed E-state index contributed by atoms with van der Waals surface area (Å²) >= 11 is 36.8. The molecular formula is C84H91Cl6N3O27. The molecule has 30 nitrogen and oxygen atoms in total. The van der Waals surface area contributed by atoms with Crippen molar-refractivity contribution >= 4 is 117 Å². The van der Waals surface area contributed by atoms with Gasteiger partial charge in [-0.15, -0.1) is 0 Å². The Labute approximate surface area is 722 Å². The fraction of sp³-hybridized carbons (Fsp3) is 0.429. The number of amides is 2. The van der Waals surface area contributed by atoms with E-state index in [1.165, 1.54) is 94.0 Å². The summed E-state index contributed by atoms with van der Waals surface area (Å²) in [5.74, 6) is -4.72. The lowest BCUT2D eigenvalue weighted by Crippen LogP contribution is -2.68. The van der Waals surface area contributed by atoms with Crippen LogP contribution in [0.15, 0.2) is 206 Å². The molecule has 6 aromatic carbocycles. The zero-order chi connectivity index (χ0) is 85.6. The normalized spacial score (nSPS) is 23.2. The number of fused-ring (bicyclic) bond motifs is 2. The van der Waals surface area contributed by atoms with Gasteiger partial charge in [-0.3, -0.25) is 4.79 Å². The third-order valence-electron chi connectivity index (χ3n) is 18.4. The summed E-state index contributed by atoms with van der Waals surface area (Å²) in [6.45, 7) is -1.57. The van der Waals surface area contributed by atoms with Crippen molar-refractivity contribution in [3.63, 3.8) is 0 Å². The second-order valence-corrected chi connectivity index (χ2v) is 32.4. The summed E-state index contributed by atoms with van der Waals surface area (Å²) in [6.07, 6.45) is -19.7. The number of ether oxygens (including phenoxy) is 19. The number of hydrogen-bond donors (Lipinski definition) is 3. The minimum Gasteiger partial charge on any atom is -0.459 e. The van der Waals surface area contributed by atoms with Crippen molar-refractivity contribution in [2.75, 3.05) is 67.0 Å². The Morgan fingerprint density at radius 3 is 1.26 bits per heavy atom. The van der Waals surface area contributed by atoms with Crippen molar-refractivity contribution < 1.29 is 128 Å². The molecule has 6 aromatic rings. The highest BCUT2D eigenvalue weighted by atomic mass is 35.6. The topological polar surface area (TPSA) is 362 Å². The van der Waals surface area contributed by atoms with Crippen molar-refractivity contribution in [3.8, 4) is 0 Å². The number of unbranched alkanes of at least 4 members (excludes halogenated alkanes) is 2. The molecule has 2 amide bonds. The second-order valence-electron chi connectivity index (χ2n) is 27.4. The molecule has 14 unspecified atom stereocenters. The molecular weight excluding hydrogens is 1700 g/mol. The SMILES string of the molecule is COC(OC1C(NC(=O)OCC(Cl)(Cl)Cl)C(OCCCCCN)OC2COC(c3ccccc3)OC21)[C@H](/C=C/[C@@H](COC(=O)c1ccccc1)OC1OC2COC(c3ccccc3)OC2C(OC(OC)[C@H](/C=C/[C@@H](COC(=O)c2ccccc2)OC(=O)CCC(C)=O)OC(=O)c2ccccc2)C1NC(=O)OCC(Cl)(Cl)Cl)OC(=O)c1ccccc1. The number of carbonyl (C=O) groups is 8. The molecule has 4 saturated heterocycles. The van der Waals surface area contributed by atoms with Crippen LogP contribution in [0.25, 0.3) is 0 Å². The highest BCUT2D eigenvalue weighted by Crippen LogP contribution is 2.40. The molecule has 0 spiro atoms. The number of carbonyl (C=O) groups excluding carboxylic acids is 8. The van der Waals surface area contributed by atoms with E-state index in [1.807, 2.05) is 0 Å². The van der Waals surface area contributed by atoms with E-state index < -0.39 is 187 Å². The van der Waals surface area contributed by atoms with E-state index in [1.54, 1.807) is 133 Å². The van der Waals surface area contributed by atoms with E-state index in [9.17, 15) is 38.4 Å². The zero-order valence-corrected chi connectivity index (χ0v) is 69.6. The third-order valence-corrected chi connectivity index (χ3v) is 19.1. The van der Waals surface area contributed by atoms with Gasteiger partial charge in [0.05, 0.1) is 41.9 Å². The molecule has 120 heavy (non-hydrogen) atoms. The molecule has 646 valence electrons. The number of ketones is 1. The largest absolute Gasteiger partial charge is 0.459 e. The van der Waals surface area contributed by atoms with E-state index in [2.05, 4.69) is 10.6 Å². The van der Waals surface area contributed by atoms with Gasteiger partial charge in [0.25, 0.3) is 0 Å². The van der Waals surface area contributed by atoms with Gasteiger partial charge >= 0.3 is 42.0 Å². The highest BCUT2D eigenvalue weighted by Gasteiger charge is 2.56. The predicted molar refractivity (Wildman–Crippen MR) is 432 cm³/mol. The fourth-order valence-corrected chi connectivity index (χ4v) is 13.0. The van der Waals surface area contributed by atoms with Crippen LogP contribution in [0.2, 0.25) is 0 Å². The second kappa shape index (κ2) is 47.3. The molecule has 4 fully saturated rings. The monoisotopic (exact) mass is 1780 g/mol. The van der Waals surface area contributed by atoms with Crippen molar-refractivity contribution in [2.24, 2.45) is 5.73 Å². The molecule has 4 aliphatic heterocycles. The zero-order valence-electron chi connectivity index (χ0n) is 65.1. The Bertz CT molecular complexity index is 4280. The molecule has 36 heteroatoms. The molecule has 0 bridgehead atoms. The first kappa shape index (κ1) is 93.8. The van der Waals surface area contributed by atoms with Crippen LogP contribution in [0.1, 0.15) is 104 Å². The Morgan fingerprint density at radius 1 is 0.458 bits per heavy atom. The molecule has 4 heterocycles. The maximum atomic E-state index is 14.8. The molecule has 0 aromatic heterocycles. The van der Waals surface area contributed by atoms with Gasteiger partial charge in [-0.05, 0) is 99.5 Å². The Balaban J connectivity index is 1.08. The molecule has 0 aliphatic carbocycles. The van der Waals surface area contributed by atoms with Gasteiger partial charge in [0.2, 0.25) is 7.59 Å². The van der Waals surface area contributed by atoms with Crippen molar-refractivity contribution in [3.05, 3.63) is 240 Å². The summed E-state index contributed by atoms with van der Waals surface area (Å²) in [5, 5.41) is 5.49. The first-order valence-corrected chi connectivity index (χ1v) is 40.4. The lowest BCUT2D eigenvalue weighted by Gasteiger charge is -2.50. The number of rotatable bonds is 40. The van der Waals surface area contributed by atoms with Crippen molar-refractivity contribution in [1.82, 2.24) is 10.6 Å². The van der Waals surface area contributed by atoms with Crippen LogP contribution in [-0.4, -0.2) is 221 Å². The Morgan fingerprint density at radius 2 is 0.850 bits per heavy atom. The van der Waals surface area contributed by atoms with Crippen LogP contribution in [0, 0.1) is 0 Å². The van der Waals surface area contributed by atoms with E-state index in [0.717, 1.165) is 0 Å². The van der Waals surface area contributed by atoms with Crippen LogP contribution in [-0.2, 0) is 99.6 Å². The average Bonchev–Trinajstić information content (AvgIpc) is 0.768. The Kier molecular flexibility index (Phi) is 37.0. The van der Waals surface area contributed by atoms with Crippen molar-refractivity contribution in [1.29, 1.82) is 0 Å². The van der Waals surface area contributed by atoms with E-state index in [-0.39, 0.29) is 60.7 Å². The van der Waals surface area contributed by atoms with Crippen LogP contribution in [0.3, 0.4) is 0 Å². The molecule has 0 radical (unpaired) electrons. The summed E-state index contributed by atoms with van der Waals surface area (Å²) in [5.41, 5.74) is 7.28. The van der Waals surface area contributed by atoms with Gasteiger partial charge in [0, 0.05) is 38.4 Å². The number of halogens is 6. The first-order valence-electron chi connectivity index (χ1n) is 38.1. The standard InChI is InChI=1S/C84H91Cl6N3O27/c1-51(94)37-42-64(95)111-58(45-105-71(96)52-25-11-4-12-26-52)38-40-60(113-73(98)54-29-15-6-16-30-54)78(103-3)120-70-66(93-82(101)110-50-84(88,89)90)80(116-63-48-108-76(118-68(63)70)57-35-21-9-22-36-57)112-59(46-106-72(97)53-27-13-5-14-28-53)39-41-61(114-74(99)55-31-17-7-18-32-55)77(102-2)119-69-65(92-81(100)109-49-83(85,86)87)79(104-44-24-10-23-43-91)115-62-47-107-75(117-67(62)69)56-33-19-8-20-34-56/h4-9,11-22,25-36,38-41,58-63,65-70,75-80H,10,23-24,37,42-50,91H2,1-3H3,(H,92,100)(H,93,101)/b40-38+,41-39+/t58-,59-,60-,61-,62?,63?,65?,66?,67?,68?,69?,70?,75?,76?,77?,78?,79?,80?/m0/s1. The lowest BCUT2D eigenvalue weighted by molar-refractivity contribution is -0.364. The van der Waals surface area contributed by atoms with Crippen LogP contribution < -0.4 is 16.4 Å². The highest BCUT2D eigenvalue weighted by molar-refractivity contribution is 6.68. The smallest absolute Gasteiger partial charge is 0.407 e. The maximum Gasteiger partial charge on any atom is 0.407 e. The van der Waals surface area contributed by atoms with Crippen molar-refractivity contribution in [2.45, 2.75) is 157 Å². The average molecular weight is 1790 g/mol. The van der Waals surface area contributed by atoms with Gasteiger partial charge in [0.15, 0.2) is 56.1 Å². The van der Waals surface area contributed by atoms with Gasteiger partial charge in [-0.2, -0.15) is 0 Å². The van der Waals surface area contributed by atoms with Crippen LogP contribution >= 0.6 is 69.6 Å². The molecule has 0 saturated carbocycles. The quantitative estimate of drug-likeness (QED) is 0.00803. The summed E-state index contributed by atoms with van der Waals surface area (Å²) in [4.78, 5) is 111. The van der Waals surface area contributed by atoms with Gasteiger partial charge in [0.1, 0.15) is 87.0 Å². The Hall–Kier alpha value is -8.42. The molecule has 18 atom stereocenters. The minimum atomic E-state index is -2.19. The predicted octanol–water partition coefficient (Wildman–Crippen LogP) is 12.4. The number of methoxy groups -OCH3 is 2.